The molecule has 0 bridgehead atoms. The largest absolute Gasteiger partial charge is 0.399 e. The molecule has 0 aliphatic carbocycles. The number of fused-ring (bicyclic) bond motifs is 1. The maximum absolute atomic E-state index is 12.0. The average Bonchev–Trinajstić information content (AvgIpc) is 2.43. The lowest BCUT2D eigenvalue weighted by Crippen LogP contribution is -2.24. The number of nitrogens with zero attached hydrogens (tertiary/aromatic N) is 2. The Hall–Kier alpha value is -1.71. The first-order valence-corrected chi connectivity index (χ1v) is 5.45. The van der Waals surface area contributed by atoms with Crippen LogP contribution in [0.3, 0.4) is 0 Å². The van der Waals surface area contributed by atoms with Crippen LogP contribution in [0, 0.1) is 5.92 Å². The summed E-state index contributed by atoms with van der Waals surface area (Å²) in [5, 5.41) is 0. The minimum Gasteiger partial charge on any atom is -0.399 e. The standard InChI is InChI=1S/C12H17N3O/c1-8(2)7-15-10-5-4-9(13)6-11(10)14(3)12(15)16/h4-6,8H,7,13H2,1-3H3. The highest BCUT2D eigenvalue weighted by molar-refractivity contribution is 5.79. The molecule has 4 heteroatoms. The Labute approximate surface area is 94.3 Å². The lowest BCUT2D eigenvalue weighted by molar-refractivity contribution is 0.516. The van der Waals surface area contributed by atoms with Crippen molar-refractivity contribution in [1.29, 1.82) is 0 Å². The van der Waals surface area contributed by atoms with E-state index in [1.54, 1.807) is 16.2 Å². The lowest BCUT2D eigenvalue weighted by Gasteiger charge is -2.05. The minimum absolute atomic E-state index is 0.0225. The van der Waals surface area contributed by atoms with Crippen molar-refractivity contribution in [3.05, 3.63) is 28.7 Å². The van der Waals surface area contributed by atoms with E-state index < -0.39 is 0 Å². The van der Waals surface area contributed by atoms with Crippen molar-refractivity contribution in [3.63, 3.8) is 0 Å². The molecular formula is C12H17N3O. The van der Waals surface area contributed by atoms with Gasteiger partial charge in [-0.15, -0.1) is 0 Å². The number of aryl methyl sites for hydroxylation is 1. The molecule has 0 radical (unpaired) electrons. The first-order chi connectivity index (χ1) is 7.50. The van der Waals surface area contributed by atoms with E-state index in [-0.39, 0.29) is 5.69 Å². The van der Waals surface area contributed by atoms with Crippen LogP contribution in [-0.4, -0.2) is 9.13 Å². The van der Waals surface area contributed by atoms with Gasteiger partial charge in [0, 0.05) is 19.3 Å². The number of aromatic nitrogens is 2. The molecule has 2 N–H and O–H groups in total. The SMILES string of the molecule is CC(C)Cn1c(=O)n(C)c2cc(N)ccc21. The Morgan fingerprint density at radius 3 is 2.62 bits per heavy atom. The maximum atomic E-state index is 12.0. The van der Waals surface area contributed by atoms with E-state index in [4.69, 9.17) is 5.73 Å². The van der Waals surface area contributed by atoms with Crippen molar-refractivity contribution in [2.24, 2.45) is 13.0 Å². The van der Waals surface area contributed by atoms with Crippen LogP contribution >= 0.6 is 0 Å². The van der Waals surface area contributed by atoms with Crippen LogP contribution in [0.25, 0.3) is 11.0 Å². The van der Waals surface area contributed by atoms with E-state index in [2.05, 4.69) is 13.8 Å². The molecule has 2 aromatic rings. The number of imidazole rings is 1. The summed E-state index contributed by atoms with van der Waals surface area (Å²) in [5.74, 6) is 0.445. The molecule has 0 atom stereocenters. The zero-order valence-electron chi connectivity index (χ0n) is 9.90. The molecule has 4 nitrogen and oxygen atoms in total. The van der Waals surface area contributed by atoms with Crippen LogP contribution in [0.5, 0.6) is 0 Å². The lowest BCUT2D eigenvalue weighted by atomic mass is 10.2. The molecule has 86 valence electrons. The monoisotopic (exact) mass is 219 g/mol. The number of anilines is 1. The van der Waals surface area contributed by atoms with Crippen molar-refractivity contribution in [3.8, 4) is 0 Å². The second-order valence-electron chi connectivity index (χ2n) is 4.59. The molecular weight excluding hydrogens is 202 g/mol. The van der Waals surface area contributed by atoms with E-state index in [9.17, 15) is 4.79 Å². The summed E-state index contributed by atoms with van der Waals surface area (Å²) in [6.07, 6.45) is 0. The van der Waals surface area contributed by atoms with Gasteiger partial charge >= 0.3 is 5.69 Å². The summed E-state index contributed by atoms with van der Waals surface area (Å²) >= 11 is 0. The second-order valence-corrected chi connectivity index (χ2v) is 4.59. The van der Waals surface area contributed by atoms with Gasteiger partial charge in [-0.2, -0.15) is 0 Å². The van der Waals surface area contributed by atoms with Crippen molar-refractivity contribution in [2.75, 3.05) is 5.73 Å². The number of nitrogens with two attached hydrogens (primary N) is 1. The molecule has 0 aliphatic rings. The number of rotatable bonds is 2. The van der Waals surface area contributed by atoms with Crippen LogP contribution in [0.1, 0.15) is 13.8 Å². The van der Waals surface area contributed by atoms with Gasteiger partial charge in [-0.3, -0.25) is 9.13 Å². The number of nitrogen functional groups attached to an aromatic ring is 1. The molecule has 0 saturated carbocycles. The smallest absolute Gasteiger partial charge is 0.328 e. The van der Waals surface area contributed by atoms with E-state index in [1.165, 1.54) is 0 Å². The fourth-order valence-electron chi connectivity index (χ4n) is 1.97. The maximum Gasteiger partial charge on any atom is 0.328 e. The van der Waals surface area contributed by atoms with Crippen LogP contribution in [0.4, 0.5) is 5.69 Å². The number of benzene rings is 1. The molecule has 1 heterocycles. The number of hydrogen-bond donors (Lipinski definition) is 1. The van der Waals surface area contributed by atoms with Crippen LogP contribution < -0.4 is 11.4 Å². The van der Waals surface area contributed by atoms with Gasteiger partial charge in [0.25, 0.3) is 0 Å². The van der Waals surface area contributed by atoms with E-state index >= 15 is 0 Å². The van der Waals surface area contributed by atoms with Gasteiger partial charge in [-0.1, -0.05) is 13.8 Å². The zero-order valence-corrected chi connectivity index (χ0v) is 9.90. The van der Waals surface area contributed by atoms with Gasteiger partial charge < -0.3 is 5.73 Å². The highest BCUT2D eigenvalue weighted by Gasteiger charge is 2.11. The Balaban J connectivity index is 2.74. The fraction of sp³-hybridized carbons (Fsp3) is 0.417. The van der Waals surface area contributed by atoms with Crippen LogP contribution in [0.2, 0.25) is 0 Å². The molecule has 0 saturated heterocycles. The average molecular weight is 219 g/mol. The first kappa shape index (κ1) is 10.8. The summed E-state index contributed by atoms with van der Waals surface area (Å²) in [4.78, 5) is 12.0. The minimum atomic E-state index is 0.0225. The van der Waals surface area contributed by atoms with E-state index in [0.717, 1.165) is 17.6 Å². The highest BCUT2D eigenvalue weighted by atomic mass is 16.1. The third-order valence-corrected chi connectivity index (χ3v) is 2.72. The second kappa shape index (κ2) is 3.70. The van der Waals surface area contributed by atoms with Gasteiger partial charge in [0.15, 0.2) is 0 Å². The zero-order chi connectivity index (χ0) is 11.9. The third kappa shape index (κ3) is 1.60. The molecule has 16 heavy (non-hydrogen) atoms. The topological polar surface area (TPSA) is 53.0 Å². The summed E-state index contributed by atoms with van der Waals surface area (Å²) in [7, 11) is 1.78. The predicted molar refractivity (Wildman–Crippen MR) is 66.4 cm³/mol. The molecule has 0 spiro atoms. The van der Waals surface area contributed by atoms with Gasteiger partial charge in [-0.25, -0.2) is 4.79 Å². The Morgan fingerprint density at radius 1 is 1.31 bits per heavy atom. The molecule has 0 unspecified atom stereocenters. The number of hydrogen-bond acceptors (Lipinski definition) is 2. The van der Waals surface area contributed by atoms with Crippen LogP contribution in [0.15, 0.2) is 23.0 Å². The normalized spacial score (nSPS) is 11.5. The van der Waals surface area contributed by atoms with Crippen molar-refractivity contribution in [2.45, 2.75) is 20.4 Å². The van der Waals surface area contributed by atoms with Crippen molar-refractivity contribution >= 4 is 16.7 Å². The molecule has 1 aromatic carbocycles. The van der Waals surface area contributed by atoms with Crippen molar-refractivity contribution < 1.29 is 0 Å². The van der Waals surface area contributed by atoms with Gasteiger partial charge in [-0.05, 0) is 24.1 Å². The predicted octanol–water partition coefficient (Wildman–Crippen LogP) is 1.58. The fourth-order valence-corrected chi connectivity index (χ4v) is 1.97. The van der Waals surface area contributed by atoms with Gasteiger partial charge in [0.1, 0.15) is 0 Å². The summed E-state index contributed by atoms with van der Waals surface area (Å²) < 4.78 is 3.45. The molecule has 0 amide bonds. The van der Waals surface area contributed by atoms with Crippen molar-refractivity contribution in [1.82, 2.24) is 9.13 Å². The summed E-state index contributed by atoms with van der Waals surface area (Å²) in [6, 6.07) is 5.58. The molecule has 0 aliphatic heterocycles. The van der Waals surface area contributed by atoms with Crippen LogP contribution in [-0.2, 0) is 13.6 Å². The Bertz CT molecular complexity index is 578. The van der Waals surface area contributed by atoms with Gasteiger partial charge in [0.05, 0.1) is 11.0 Å². The first-order valence-electron chi connectivity index (χ1n) is 5.45. The summed E-state index contributed by atoms with van der Waals surface area (Å²) in [6.45, 7) is 4.94. The Morgan fingerprint density at radius 2 is 2.00 bits per heavy atom. The Kier molecular flexibility index (Phi) is 2.50. The molecule has 0 fully saturated rings. The highest BCUT2D eigenvalue weighted by Crippen LogP contribution is 2.16. The van der Waals surface area contributed by atoms with E-state index in [1.807, 2.05) is 18.2 Å². The summed E-state index contributed by atoms with van der Waals surface area (Å²) in [5.41, 5.74) is 8.28. The molecule has 1 aromatic heterocycles. The third-order valence-electron chi connectivity index (χ3n) is 2.72. The molecule has 2 rings (SSSR count). The van der Waals surface area contributed by atoms with Gasteiger partial charge in [0.2, 0.25) is 0 Å². The van der Waals surface area contributed by atoms with E-state index in [0.29, 0.717) is 11.6 Å². The quantitative estimate of drug-likeness (QED) is 0.780.